The summed E-state index contributed by atoms with van der Waals surface area (Å²) in [6.45, 7) is 6.79. The summed E-state index contributed by atoms with van der Waals surface area (Å²) >= 11 is 0. The van der Waals surface area contributed by atoms with Gasteiger partial charge in [0.1, 0.15) is 5.82 Å². The maximum absolute atomic E-state index is 13.5. The Morgan fingerprint density at radius 3 is 2.45 bits per heavy atom. The summed E-state index contributed by atoms with van der Waals surface area (Å²) in [4.78, 5) is 0.0954. The van der Waals surface area contributed by atoms with Crippen LogP contribution in [0.15, 0.2) is 23.1 Å². The molecule has 0 bridgehead atoms. The maximum atomic E-state index is 13.5. The SMILES string of the molecule is CNCc1cc(S(=O)(=O)NCCC(C)(C)C)ccc1F. The minimum absolute atomic E-state index is 0.0581. The number of rotatable bonds is 6. The molecule has 0 aliphatic heterocycles. The van der Waals surface area contributed by atoms with Crippen LogP contribution in [0.25, 0.3) is 0 Å². The number of halogens is 1. The van der Waals surface area contributed by atoms with Crippen LogP contribution in [0.3, 0.4) is 0 Å². The van der Waals surface area contributed by atoms with Crippen LogP contribution in [-0.4, -0.2) is 22.0 Å². The highest BCUT2D eigenvalue weighted by Crippen LogP contribution is 2.19. The number of benzene rings is 1. The molecule has 0 heterocycles. The first-order valence-corrected chi connectivity index (χ1v) is 8.07. The zero-order valence-corrected chi connectivity index (χ0v) is 13.3. The van der Waals surface area contributed by atoms with Gasteiger partial charge in [-0.15, -0.1) is 0 Å². The van der Waals surface area contributed by atoms with Crippen molar-refractivity contribution in [3.05, 3.63) is 29.6 Å². The molecule has 6 heteroatoms. The lowest BCUT2D eigenvalue weighted by Crippen LogP contribution is -2.27. The summed E-state index contributed by atoms with van der Waals surface area (Å²) in [5.41, 5.74) is 0.397. The number of sulfonamides is 1. The van der Waals surface area contributed by atoms with Crippen molar-refractivity contribution in [2.75, 3.05) is 13.6 Å². The van der Waals surface area contributed by atoms with E-state index < -0.39 is 15.8 Å². The van der Waals surface area contributed by atoms with Gasteiger partial charge in [-0.05, 0) is 37.1 Å². The first-order valence-electron chi connectivity index (χ1n) is 6.58. The zero-order valence-electron chi connectivity index (χ0n) is 12.5. The van der Waals surface area contributed by atoms with Gasteiger partial charge < -0.3 is 5.32 Å². The first-order chi connectivity index (χ1) is 9.15. The second-order valence-corrected chi connectivity index (χ2v) is 7.76. The lowest BCUT2D eigenvalue weighted by molar-refractivity contribution is 0.378. The van der Waals surface area contributed by atoms with E-state index in [0.29, 0.717) is 12.1 Å². The molecular formula is C14H23FN2O2S. The fourth-order valence-corrected chi connectivity index (χ4v) is 2.77. The molecule has 114 valence electrons. The van der Waals surface area contributed by atoms with Gasteiger partial charge in [0, 0.05) is 18.7 Å². The van der Waals surface area contributed by atoms with Gasteiger partial charge in [-0.2, -0.15) is 0 Å². The second-order valence-electron chi connectivity index (χ2n) is 5.99. The van der Waals surface area contributed by atoms with Crippen molar-refractivity contribution in [3.63, 3.8) is 0 Å². The maximum Gasteiger partial charge on any atom is 0.240 e. The van der Waals surface area contributed by atoms with Crippen LogP contribution in [0.2, 0.25) is 0 Å². The molecule has 0 amide bonds. The summed E-state index contributed by atoms with van der Waals surface area (Å²) in [7, 11) is -1.90. The molecule has 0 saturated carbocycles. The average molecular weight is 302 g/mol. The van der Waals surface area contributed by atoms with E-state index in [-0.39, 0.29) is 16.9 Å². The van der Waals surface area contributed by atoms with Crippen LogP contribution in [-0.2, 0) is 16.6 Å². The molecule has 2 N–H and O–H groups in total. The monoisotopic (exact) mass is 302 g/mol. The first kappa shape index (κ1) is 17.1. The van der Waals surface area contributed by atoms with E-state index in [1.54, 1.807) is 7.05 Å². The molecule has 1 aromatic rings. The third kappa shape index (κ3) is 5.19. The van der Waals surface area contributed by atoms with Crippen LogP contribution < -0.4 is 10.0 Å². The minimum atomic E-state index is -3.58. The predicted octanol–water partition coefficient (Wildman–Crippen LogP) is 2.26. The molecule has 4 nitrogen and oxygen atoms in total. The van der Waals surface area contributed by atoms with Crippen LogP contribution in [0.1, 0.15) is 32.8 Å². The third-order valence-corrected chi connectivity index (χ3v) is 4.32. The normalized spacial score (nSPS) is 12.7. The highest BCUT2D eigenvalue weighted by Gasteiger charge is 2.17. The van der Waals surface area contributed by atoms with Gasteiger partial charge in [0.05, 0.1) is 4.90 Å². The number of nitrogens with one attached hydrogen (secondary N) is 2. The van der Waals surface area contributed by atoms with Gasteiger partial charge in [0.15, 0.2) is 0 Å². The van der Waals surface area contributed by atoms with E-state index in [1.807, 2.05) is 20.8 Å². The molecule has 0 unspecified atom stereocenters. The van der Waals surface area contributed by atoms with Gasteiger partial charge in [0.25, 0.3) is 0 Å². The molecule has 1 aromatic carbocycles. The minimum Gasteiger partial charge on any atom is -0.316 e. The van der Waals surface area contributed by atoms with E-state index in [1.165, 1.54) is 18.2 Å². The van der Waals surface area contributed by atoms with Gasteiger partial charge in [-0.3, -0.25) is 0 Å². The van der Waals surface area contributed by atoms with Crippen LogP contribution in [0.5, 0.6) is 0 Å². The molecule has 0 atom stereocenters. The molecule has 0 aliphatic carbocycles. The van der Waals surface area contributed by atoms with Crippen molar-refractivity contribution in [2.45, 2.75) is 38.6 Å². The molecule has 20 heavy (non-hydrogen) atoms. The van der Waals surface area contributed by atoms with Crippen molar-refractivity contribution < 1.29 is 12.8 Å². The topological polar surface area (TPSA) is 58.2 Å². The van der Waals surface area contributed by atoms with Crippen LogP contribution in [0.4, 0.5) is 4.39 Å². The Labute approximate surface area is 120 Å². The van der Waals surface area contributed by atoms with Crippen molar-refractivity contribution in [1.82, 2.24) is 10.0 Å². The quantitative estimate of drug-likeness (QED) is 0.847. The highest BCUT2D eigenvalue weighted by molar-refractivity contribution is 7.89. The van der Waals surface area contributed by atoms with Crippen LogP contribution >= 0.6 is 0 Å². The van der Waals surface area contributed by atoms with E-state index in [4.69, 9.17) is 0 Å². The van der Waals surface area contributed by atoms with Gasteiger partial charge in [0.2, 0.25) is 10.0 Å². The molecule has 0 aromatic heterocycles. The molecule has 0 fully saturated rings. The molecule has 1 rings (SSSR count). The molecule has 0 radical (unpaired) electrons. The van der Waals surface area contributed by atoms with Gasteiger partial charge in [-0.25, -0.2) is 17.5 Å². The molecule has 0 saturated heterocycles. The van der Waals surface area contributed by atoms with E-state index in [0.717, 1.165) is 6.42 Å². The fraction of sp³-hybridized carbons (Fsp3) is 0.571. The summed E-state index contributed by atoms with van der Waals surface area (Å²) < 4.78 is 40.3. The Bertz CT molecular complexity index is 551. The van der Waals surface area contributed by atoms with E-state index in [2.05, 4.69) is 10.0 Å². The van der Waals surface area contributed by atoms with Gasteiger partial charge in [-0.1, -0.05) is 20.8 Å². The third-order valence-electron chi connectivity index (χ3n) is 2.86. The van der Waals surface area contributed by atoms with E-state index in [9.17, 15) is 12.8 Å². The average Bonchev–Trinajstić information content (AvgIpc) is 2.30. The van der Waals surface area contributed by atoms with Crippen molar-refractivity contribution >= 4 is 10.0 Å². The Balaban J connectivity index is 2.84. The van der Waals surface area contributed by atoms with Crippen LogP contribution in [0, 0.1) is 11.2 Å². The fourth-order valence-electron chi connectivity index (χ4n) is 1.69. The molecular weight excluding hydrogens is 279 g/mol. The lowest BCUT2D eigenvalue weighted by atomic mass is 9.93. The number of hydrogen-bond acceptors (Lipinski definition) is 3. The summed E-state index contributed by atoms with van der Waals surface area (Å²) in [6.07, 6.45) is 0.733. The van der Waals surface area contributed by atoms with Crippen molar-refractivity contribution in [1.29, 1.82) is 0 Å². The second kappa shape index (κ2) is 6.65. The lowest BCUT2D eigenvalue weighted by Gasteiger charge is -2.18. The van der Waals surface area contributed by atoms with Crippen molar-refractivity contribution in [2.24, 2.45) is 5.41 Å². The predicted molar refractivity (Wildman–Crippen MR) is 78.4 cm³/mol. The van der Waals surface area contributed by atoms with E-state index >= 15 is 0 Å². The summed E-state index contributed by atoms with van der Waals surface area (Å²) in [5, 5.41) is 2.81. The standard InChI is InChI=1S/C14H23FN2O2S/c1-14(2,3)7-8-17-20(18,19)12-5-6-13(15)11(9-12)10-16-4/h5-6,9,16-17H,7-8,10H2,1-4H3. The Morgan fingerprint density at radius 2 is 1.90 bits per heavy atom. The molecule has 0 aliphatic rings. The largest absolute Gasteiger partial charge is 0.316 e. The highest BCUT2D eigenvalue weighted by atomic mass is 32.2. The zero-order chi connectivity index (χ0) is 15.4. The molecule has 0 spiro atoms. The van der Waals surface area contributed by atoms with Gasteiger partial charge >= 0.3 is 0 Å². The smallest absolute Gasteiger partial charge is 0.240 e. The Hall–Kier alpha value is -0.980. The summed E-state index contributed by atoms with van der Waals surface area (Å²) in [5.74, 6) is -0.409. The number of hydrogen-bond donors (Lipinski definition) is 2. The summed E-state index contributed by atoms with van der Waals surface area (Å²) in [6, 6.07) is 3.84. The Morgan fingerprint density at radius 1 is 1.25 bits per heavy atom. The Kier molecular flexibility index (Phi) is 5.68. The van der Waals surface area contributed by atoms with Crippen molar-refractivity contribution in [3.8, 4) is 0 Å².